The lowest BCUT2D eigenvalue weighted by Crippen LogP contribution is -3.00. The van der Waals surface area contributed by atoms with Crippen LogP contribution in [0.15, 0.2) is 53.5 Å². The molecule has 1 aromatic heterocycles. The van der Waals surface area contributed by atoms with Crippen molar-refractivity contribution in [3.05, 3.63) is 54.1 Å². The number of benzene rings is 2. The first-order valence-corrected chi connectivity index (χ1v) is 9.78. The maximum absolute atomic E-state index is 6.07. The maximum atomic E-state index is 6.07. The molecule has 0 bridgehead atoms. The average molecular weight is 451 g/mol. The first kappa shape index (κ1) is 20.2. The highest BCUT2D eigenvalue weighted by Gasteiger charge is 2.28. The lowest BCUT2D eigenvalue weighted by Gasteiger charge is -2.40. The molecule has 2 heterocycles. The number of piperidine rings is 1. The van der Waals surface area contributed by atoms with Gasteiger partial charge in [-0.1, -0.05) is 18.2 Å². The summed E-state index contributed by atoms with van der Waals surface area (Å²) >= 11 is 6.07. The molecule has 1 aliphatic heterocycles. The van der Waals surface area contributed by atoms with Gasteiger partial charge in [-0.2, -0.15) is 0 Å². The van der Waals surface area contributed by atoms with Crippen molar-refractivity contribution >= 4 is 33.5 Å². The van der Waals surface area contributed by atoms with E-state index in [-0.39, 0.29) is 17.0 Å². The van der Waals surface area contributed by atoms with Gasteiger partial charge in [0.05, 0.1) is 19.6 Å². The Kier molecular flexibility index (Phi) is 6.51. The number of fused-ring (bicyclic) bond motifs is 3. The lowest BCUT2D eigenvalue weighted by molar-refractivity contribution is -0.927. The molecule has 3 nitrogen and oxygen atoms in total. The molecule has 0 unspecified atom stereocenters. The Labute approximate surface area is 175 Å². The van der Waals surface area contributed by atoms with Crippen LogP contribution in [0.1, 0.15) is 19.3 Å². The van der Waals surface area contributed by atoms with E-state index in [9.17, 15) is 0 Å². The van der Waals surface area contributed by atoms with Crippen LogP contribution in [0.5, 0.6) is 5.75 Å². The molecule has 2 aromatic carbocycles. The highest BCUT2D eigenvalue weighted by atomic mass is 79.9. The van der Waals surface area contributed by atoms with Gasteiger partial charge in [0.2, 0.25) is 0 Å². The molecule has 0 atom stereocenters. The van der Waals surface area contributed by atoms with Crippen LogP contribution in [-0.4, -0.2) is 37.3 Å². The minimum Gasteiger partial charge on any atom is -1.00 e. The fourth-order valence-corrected chi connectivity index (χ4v) is 4.29. The maximum Gasteiger partial charge on any atom is 0.139 e. The Bertz CT molecular complexity index is 931. The molecule has 0 spiro atoms. The number of halogens is 2. The summed E-state index contributed by atoms with van der Waals surface area (Å²) in [6.45, 7) is 9.19. The van der Waals surface area contributed by atoms with Crippen molar-refractivity contribution in [1.29, 1.82) is 0 Å². The summed E-state index contributed by atoms with van der Waals surface area (Å²) in [6, 6.07) is 11.8. The summed E-state index contributed by atoms with van der Waals surface area (Å²) in [4.78, 5) is 0. The molecule has 144 valence electrons. The van der Waals surface area contributed by atoms with Crippen molar-refractivity contribution in [2.24, 2.45) is 0 Å². The summed E-state index contributed by atoms with van der Waals surface area (Å²) in [7, 11) is 0. The minimum atomic E-state index is 0. The van der Waals surface area contributed by atoms with E-state index in [1.54, 1.807) is 0 Å². The third kappa shape index (κ3) is 4.34. The zero-order valence-corrected chi connectivity index (χ0v) is 17.8. The zero-order chi connectivity index (χ0) is 18.0. The Morgan fingerprint density at radius 2 is 1.74 bits per heavy atom. The molecule has 0 radical (unpaired) electrons. The topological polar surface area (TPSA) is 22.4 Å². The van der Waals surface area contributed by atoms with E-state index in [2.05, 4.69) is 18.7 Å². The van der Waals surface area contributed by atoms with Crippen LogP contribution in [0.4, 0.5) is 0 Å². The van der Waals surface area contributed by atoms with E-state index in [4.69, 9.17) is 20.8 Å². The second kappa shape index (κ2) is 8.68. The zero-order valence-electron chi connectivity index (χ0n) is 15.4. The molecular weight excluding hydrogens is 426 g/mol. The van der Waals surface area contributed by atoms with E-state index in [1.165, 1.54) is 32.4 Å². The third-order valence-corrected chi connectivity index (χ3v) is 5.76. The molecule has 0 N–H and O–H groups in total. The SMILES string of the molecule is C=CC[N+]1(CCOc2ccc3c(c2)oc2cc(Cl)ccc23)CCCCC1.[Br-]. The van der Waals surface area contributed by atoms with Crippen molar-refractivity contribution in [2.75, 3.05) is 32.8 Å². The van der Waals surface area contributed by atoms with Crippen molar-refractivity contribution in [2.45, 2.75) is 19.3 Å². The summed E-state index contributed by atoms with van der Waals surface area (Å²) in [6.07, 6.45) is 6.02. The molecule has 5 heteroatoms. The molecule has 1 aliphatic rings. The largest absolute Gasteiger partial charge is 1.00 e. The number of rotatable bonds is 6. The smallest absolute Gasteiger partial charge is 0.139 e. The van der Waals surface area contributed by atoms with Crippen LogP contribution in [0.3, 0.4) is 0 Å². The fourth-order valence-electron chi connectivity index (χ4n) is 4.13. The van der Waals surface area contributed by atoms with Gasteiger partial charge in [0.15, 0.2) is 0 Å². The normalized spacial score (nSPS) is 16.2. The Hall–Kier alpha value is -1.49. The van der Waals surface area contributed by atoms with Crippen LogP contribution < -0.4 is 21.7 Å². The van der Waals surface area contributed by atoms with Gasteiger partial charge in [-0.15, -0.1) is 0 Å². The quantitative estimate of drug-likeness (QED) is 0.426. The molecule has 0 amide bonds. The van der Waals surface area contributed by atoms with Gasteiger partial charge < -0.3 is 30.6 Å². The van der Waals surface area contributed by atoms with E-state index in [1.807, 2.05) is 30.3 Å². The fraction of sp³-hybridized carbons (Fsp3) is 0.364. The second-order valence-electron chi connectivity index (χ2n) is 7.29. The van der Waals surface area contributed by atoms with Crippen LogP contribution in [0.2, 0.25) is 5.02 Å². The first-order chi connectivity index (χ1) is 12.7. The molecule has 27 heavy (non-hydrogen) atoms. The van der Waals surface area contributed by atoms with Crippen LogP contribution >= 0.6 is 11.6 Å². The summed E-state index contributed by atoms with van der Waals surface area (Å²) in [5, 5.41) is 2.86. The predicted molar refractivity (Wildman–Crippen MR) is 108 cm³/mol. The average Bonchev–Trinajstić information content (AvgIpc) is 2.99. The van der Waals surface area contributed by atoms with Gasteiger partial charge in [-0.05, 0) is 49.6 Å². The molecule has 0 aliphatic carbocycles. The van der Waals surface area contributed by atoms with Gasteiger partial charge in [0, 0.05) is 27.9 Å². The van der Waals surface area contributed by atoms with Crippen molar-refractivity contribution in [3.63, 3.8) is 0 Å². The highest BCUT2D eigenvalue weighted by Crippen LogP contribution is 2.32. The molecular formula is C22H25BrClNO2. The Morgan fingerprint density at radius 3 is 2.48 bits per heavy atom. The molecule has 1 saturated heterocycles. The summed E-state index contributed by atoms with van der Waals surface area (Å²) in [5.41, 5.74) is 1.65. The van der Waals surface area contributed by atoms with Gasteiger partial charge in [0.1, 0.15) is 30.1 Å². The van der Waals surface area contributed by atoms with Gasteiger partial charge in [0.25, 0.3) is 0 Å². The van der Waals surface area contributed by atoms with Crippen molar-refractivity contribution in [1.82, 2.24) is 0 Å². The molecule has 3 aromatic rings. The summed E-state index contributed by atoms with van der Waals surface area (Å²) in [5.74, 6) is 0.858. The van der Waals surface area contributed by atoms with Crippen LogP contribution in [0.25, 0.3) is 21.9 Å². The van der Waals surface area contributed by atoms with Crippen LogP contribution in [0, 0.1) is 0 Å². The Morgan fingerprint density at radius 1 is 1.04 bits per heavy atom. The van der Waals surface area contributed by atoms with E-state index < -0.39 is 0 Å². The Balaban J connectivity index is 0.00000210. The molecule has 4 rings (SSSR count). The van der Waals surface area contributed by atoms with E-state index in [0.717, 1.165) is 45.3 Å². The summed E-state index contributed by atoms with van der Waals surface area (Å²) < 4.78 is 13.1. The third-order valence-electron chi connectivity index (χ3n) is 5.52. The van der Waals surface area contributed by atoms with Gasteiger partial charge in [-0.3, -0.25) is 0 Å². The van der Waals surface area contributed by atoms with Gasteiger partial charge >= 0.3 is 0 Å². The lowest BCUT2D eigenvalue weighted by atomic mass is 10.1. The minimum absolute atomic E-state index is 0. The number of hydrogen-bond acceptors (Lipinski definition) is 2. The number of hydrogen-bond donors (Lipinski definition) is 0. The number of ether oxygens (including phenoxy) is 1. The van der Waals surface area contributed by atoms with Crippen LogP contribution in [-0.2, 0) is 0 Å². The van der Waals surface area contributed by atoms with Crippen molar-refractivity contribution in [3.8, 4) is 5.75 Å². The number of furan rings is 1. The second-order valence-corrected chi connectivity index (χ2v) is 7.73. The molecule has 0 saturated carbocycles. The highest BCUT2D eigenvalue weighted by molar-refractivity contribution is 6.31. The number of quaternary nitrogens is 1. The van der Waals surface area contributed by atoms with E-state index in [0.29, 0.717) is 11.6 Å². The first-order valence-electron chi connectivity index (χ1n) is 9.40. The monoisotopic (exact) mass is 449 g/mol. The van der Waals surface area contributed by atoms with Gasteiger partial charge in [-0.25, -0.2) is 0 Å². The number of nitrogens with zero attached hydrogens (tertiary/aromatic N) is 1. The standard InChI is InChI=1S/C22H25ClNO2.BrH/c1-2-10-24(11-4-3-5-12-24)13-14-25-18-7-9-20-19-8-6-17(23)15-21(19)26-22(20)16-18;/h2,6-9,15-16H,1,3-5,10-14H2;1H/q+1;/p-1. The predicted octanol–water partition coefficient (Wildman–Crippen LogP) is 2.81. The molecule has 1 fully saturated rings. The van der Waals surface area contributed by atoms with E-state index >= 15 is 0 Å². The van der Waals surface area contributed by atoms with Crippen molar-refractivity contribution < 1.29 is 30.6 Å². The number of likely N-dealkylation sites (tertiary alicyclic amines) is 1.